The number of aliphatic hydroxyl groups excluding tert-OH is 1. The van der Waals surface area contributed by atoms with Crippen molar-refractivity contribution in [1.82, 2.24) is 5.32 Å². The van der Waals surface area contributed by atoms with E-state index in [2.05, 4.69) is 21.2 Å². The van der Waals surface area contributed by atoms with Gasteiger partial charge in [0.25, 0.3) is 0 Å². The Morgan fingerprint density at radius 1 is 1.15 bits per heavy atom. The lowest BCUT2D eigenvalue weighted by Gasteiger charge is -2.16. The van der Waals surface area contributed by atoms with Crippen LogP contribution in [0, 0.1) is 0 Å². The predicted molar refractivity (Wildman–Crippen MR) is 110 cm³/mol. The third kappa shape index (κ3) is 6.32. The van der Waals surface area contributed by atoms with Crippen molar-refractivity contribution in [2.75, 3.05) is 19.8 Å². The van der Waals surface area contributed by atoms with Gasteiger partial charge in [-0.05, 0) is 65.6 Å². The molecule has 2 rings (SSSR count). The van der Waals surface area contributed by atoms with Gasteiger partial charge in [-0.3, -0.25) is 0 Å². The van der Waals surface area contributed by atoms with E-state index in [0.717, 1.165) is 28.6 Å². The van der Waals surface area contributed by atoms with Gasteiger partial charge in [0, 0.05) is 28.8 Å². The van der Waals surface area contributed by atoms with E-state index in [9.17, 15) is 0 Å². The Hall–Kier alpha value is -0.980. The molecule has 0 fully saturated rings. The summed E-state index contributed by atoms with van der Waals surface area (Å²) in [7, 11) is 0. The summed E-state index contributed by atoms with van der Waals surface area (Å²) in [6.07, 6.45) is 0.725. The summed E-state index contributed by atoms with van der Waals surface area (Å²) >= 11 is 15.7. The molecule has 2 aromatic carbocycles. The fraction of sp³-hybridized carbons (Fsp3) is 0.368. The zero-order valence-electron chi connectivity index (χ0n) is 14.5. The van der Waals surface area contributed by atoms with Crippen molar-refractivity contribution in [2.45, 2.75) is 26.5 Å². The fourth-order valence-electron chi connectivity index (χ4n) is 2.35. The summed E-state index contributed by atoms with van der Waals surface area (Å²) in [5.74, 6) is 1.31. The molecule has 26 heavy (non-hydrogen) atoms. The zero-order valence-corrected chi connectivity index (χ0v) is 17.6. The minimum atomic E-state index is 0.181. The number of benzene rings is 2. The molecule has 0 aromatic heterocycles. The average molecular weight is 463 g/mol. The van der Waals surface area contributed by atoms with Crippen molar-refractivity contribution < 1.29 is 14.6 Å². The molecule has 0 aliphatic carbocycles. The van der Waals surface area contributed by atoms with Crippen LogP contribution in [0.25, 0.3) is 0 Å². The largest absolute Gasteiger partial charge is 0.490 e. The van der Waals surface area contributed by atoms with E-state index >= 15 is 0 Å². The van der Waals surface area contributed by atoms with Crippen LogP contribution in [0.4, 0.5) is 0 Å². The molecule has 0 saturated heterocycles. The lowest BCUT2D eigenvalue weighted by atomic mass is 10.2. The van der Waals surface area contributed by atoms with Gasteiger partial charge in [-0.2, -0.15) is 0 Å². The van der Waals surface area contributed by atoms with Crippen molar-refractivity contribution in [3.05, 3.63) is 56.0 Å². The first-order valence-corrected chi connectivity index (χ1v) is 9.93. The van der Waals surface area contributed by atoms with Crippen LogP contribution in [-0.4, -0.2) is 24.9 Å². The minimum Gasteiger partial charge on any atom is -0.490 e. The highest BCUT2D eigenvalue weighted by molar-refractivity contribution is 9.10. The molecular formula is C19H22BrCl2NO3. The molecule has 0 saturated carbocycles. The van der Waals surface area contributed by atoms with Gasteiger partial charge in [0.05, 0.1) is 11.1 Å². The summed E-state index contributed by atoms with van der Waals surface area (Å²) in [5.41, 5.74) is 1.91. The van der Waals surface area contributed by atoms with Crippen molar-refractivity contribution >= 4 is 39.1 Å². The van der Waals surface area contributed by atoms with E-state index in [-0.39, 0.29) is 6.61 Å². The first kappa shape index (κ1) is 21.3. The maximum atomic E-state index is 8.84. The molecule has 7 heteroatoms. The van der Waals surface area contributed by atoms with Gasteiger partial charge in [0.1, 0.15) is 6.61 Å². The zero-order chi connectivity index (χ0) is 18.9. The number of hydrogen-bond acceptors (Lipinski definition) is 4. The molecule has 4 nitrogen and oxygen atoms in total. The number of aliphatic hydroxyl groups is 1. The lowest BCUT2D eigenvalue weighted by Crippen LogP contribution is -2.16. The van der Waals surface area contributed by atoms with E-state index in [1.165, 1.54) is 0 Å². The Balaban J connectivity index is 2.13. The summed E-state index contributed by atoms with van der Waals surface area (Å²) in [6, 6.07) is 9.28. The fourth-order valence-corrected chi connectivity index (χ4v) is 3.42. The Morgan fingerprint density at radius 3 is 2.65 bits per heavy atom. The molecular weight excluding hydrogens is 441 g/mol. The molecule has 0 bridgehead atoms. The third-order valence-corrected chi connectivity index (χ3v) is 4.77. The summed E-state index contributed by atoms with van der Waals surface area (Å²) in [5, 5.41) is 13.3. The Bertz CT molecular complexity index is 728. The topological polar surface area (TPSA) is 50.7 Å². The number of halogens is 3. The van der Waals surface area contributed by atoms with Crippen LogP contribution in [-0.2, 0) is 13.2 Å². The second kappa shape index (κ2) is 11.0. The normalized spacial score (nSPS) is 10.8. The van der Waals surface area contributed by atoms with Crippen LogP contribution in [0.5, 0.6) is 11.5 Å². The first-order chi connectivity index (χ1) is 12.5. The second-order valence-electron chi connectivity index (χ2n) is 5.62. The van der Waals surface area contributed by atoms with Gasteiger partial charge in [-0.15, -0.1) is 0 Å². The Kier molecular flexibility index (Phi) is 9.02. The molecule has 0 aliphatic heterocycles. The highest BCUT2D eigenvalue weighted by Crippen LogP contribution is 2.38. The minimum absolute atomic E-state index is 0.181. The highest BCUT2D eigenvalue weighted by Gasteiger charge is 2.13. The Morgan fingerprint density at radius 2 is 1.96 bits per heavy atom. The summed E-state index contributed by atoms with van der Waals surface area (Å²) in [4.78, 5) is 0. The predicted octanol–water partition coefficient (Wildman–Crippen LogP) is 5.21. The van der Waals surface area contributed by atoms with Gasteiger partial charge in [-0.1, -0.05) is 29.3 Å². The second-order valence-corrected chi connectivity index (χ2v) is 7.31. The van der Waals surface area contributed by atoms with Crippen LogP contribution in [0.15, 0.2) is 34.8 Å². The Labute approximate surface area is 172 Å². The van der Waals surface area contributed by atoms with Gasteiger partial charge < -0.3 is 19.9 Å². The van der Waals surface area contributed by atoms with Crippen LogP contribution in [0.1, 0.15) is 24.5 Å². The molecule has 0 atom stereocenters. The summed E-state index contributed by atoms with van der Waals surface area (Å²) < 4.78 is 12.5. The van der Waals surface area contributed by atoms with E-state index in [1.54, 1.807) is 12.1 Å². The maximum absolute atomic E-state index is 8.84. The van der Waals surface area contributed by atoms with Gasteiger partial charge in [0.15, 0.2) is 11.5 Å². The molecule has 2 aromatic rings. The SMILES string of the molecule is CCOc1cc(CNCCCO)cc(Br)c1OCc1ccc(Cl)cc1Cl. The smallest absolute Gasteiger partial charge is 0.175 e. The van der Waals surface area contributed by atoms with E-state index in [0.29, 0.717) is 41.3 Å². The van der Waals surface area contributed by atoms with Crippen LogP contribution in [0.3, 0.4) is 0 Å². The molecule has 0 unspecified atom stereocenters. The van der Waals surface area contributed by atoms with Crippen molar-refractivity contribution in [1.29, 1.82) is 0 Å². The van der Waals surface area contributed by atoms with Gasteiger partial charge in [-0.25, -0.2) is 0 Å². The van der Waals surface area contributed by atoms with E-state index < -0.39 is 0 Å². The van der Waals surface area contributed by atoms with Crippen molar-refractivity contribution in [2.24, 2.45) is 0 Å². The molecule has 0 aliphatic rings. The number of rotatable bonds is 10. The molecule has 0 amide bonds. The molecule has 2 N–H and O–H groups in total. The quantitative estimate of drug-likeness (QED) is 0.476. The van der Waals surface area contributed by atoms with Crippen molar-refractivity contribution in [3.8, 4) is 11.5 Å². The number of hydrogen-bond donors (Lipinski definition) is 2. The highest BCUT2D eigenvalue weighted by atomic mass is 79.9. The summed E-state index contributed by atoms with van der Waals surface area (Å²) in [6.45, 7) is 4.39. The van der Waals surface area contributed by atoms with E-state index in [1.807, 2.05) is 25.1 Å². The monoisotopic (exact) mass is 461 g/mol. The third-order valence-electron chi connectivity index (χ3n) is 3.60. The number of ether oxygens (including phenoxy) is 2. The standard InChI is InChI=1S/C19H22BrCl2NO3/c1-2-25-18-9-13(11-23-6-3-7-24)8-16(20)19(18)26-12-14-4-5-15(21)10-17(14)22/h4-5,8-10,23-24H,2-3,6-7,11-12H2,1H3. The van der Waals surface area contributed by atoms with Crippen LogP contribution >= 0.6 is 39.1 Å². The van der Waals surface area contributed by atoms with Crippen molar-refractivity contribution in [3.63, 3.8) is 0 Å². The van der Waals surface area contributed by atoms with Gasteiger partial charge >= 0.3 is 0 Å². The van der Waals surface area contributed by atoms with Crippen LogP contribution in [0.2, 0.25) is 10.0 Å². The maximum Gasteiger partial charge on any atom is 0.175 e. The molecule has 0 spiro atoms. The average Bonchev–Trinajstić information content (AvgIpc) is 2.60. The van der Waals surface area contributed by atoms with Gasteiger partial charge in [0.2, 0.25) is 0 Å². The van der Waals surface area contributed by atoms with Crippen LogP contribution < -0.4 is 14.8 Å². The number of nitrogens with one attached hydrogen (secondary N) is 1. The molecule has 0 radical (unpaired) electrons. The first-order valence-electron chi connectivity index (χ1n) is 8.38. The van der Waals surface area contributed by atoms with E-state index in [4.69, 9.17) is 37.8 Å². The lowest BCUT2D eigenvalue weighted by molar-refractivity contribution is 0.267. The molecule has 142 valence electrons. The molecule has 0 heterocycles.